The number of methoxy groups -OCH3 is 4. The van der Waals surface area contributed by atoms with Gasteiger partial charge in [-0.25, -0.2) is 29.3 Å². The number of carbonyl (C=O) groups excluding carboxylic acids is 2. The predicted octanol–water partition coefficient (Wildman–Crippen LogP) is 22.0. The molecule has 4 heterocycles. The summed E-state index contributed by atoms with van der Waals surface area (Å²) in [7, 11) is 8.89. The van der Waals surface area contributed by atoms with E-state index in [4.69, 9.17) is 115 Å². The van der Waals surface area contributed by atoms with E-state index in [9.17, 15) is 19.2 Å². The number of carboxylic acids is 1. The first kappa shape index (κ1) is 103. The summed E-state index contributed by atoms with van der Waals surface area (Å²) >= 11 is 45.3. The van der Waals surface area contributed by atoms with Crippen molar-refractivity contribution in [2.24, 2.45) is 16.0 Å². The Hall–Kier alpha value is -6.06. The molecule has 0 bridgehead atoms. The Labute approximate surface area is 763 Å². The molecule has 35 heteroatoms. The normalized spacial score (nSPS) is 14.0. The molecule has 2 aliphatic heterocycles. The van der Waals surface area contributed by atoms with Gasteiger partial charge in [0.05, 0.1) is 81.4 Å². The van der Waals surface area contributed by atoms with Crippen LogP contribution in [0.1, 0.15) is 163 Å². The number of fused-ring (bicyclic) bond motifs is 2. The van der Waals surface area contributed by atoms with E-state index >= 15 is 0 Å². The summed E-state index contributed by atoms with van der Waals surface area (Å²) in [6.45, 7) is 16.7. The van der Waals surface area contributed by atoms with E-state index in [1.807, 2.05) is 41.3 Å². The number of ether oxygens (including phenoxy) is 4. The van der Waals surface area contributed by atoms with Crippen LogP contribution in [0.4, 0.5) is 22.9 Å². The number of aromatic nitrogens is 4. The summed E-state index contributed by atoms with van der Waals surface area (Å²) in [5, 5.41) is 23.5. The van der Waals surface area contributed by atoms with Gasteiger partial charge in [0.2, 0.25) is 0 Å². The molecule has 5 aliphatic rings. The summed E-state index contributed by atoms with van der Waals surface area (Å²) < 4.78 is 30.7. The molecule has 7 aromatic carbocycles. The molecule has 2 aromatic heterocycles. The van der Waals surface area contributed by atoms with Crippen molar-refractivity contribution in [1.29, 1.82) is 5.26 Å². The number of carbonyl (C=O) groups is 3. The number of piperidine rings is 2. The number of nitrogen functional groups attached to an aromatic ring is 3. The maximum absolute atomic E-state index is 11.9. The standard InChI is InChI=1S/C23H23BrClN3O.C12H17NO.C11H8BrClN2O.C8H7BrClNO2.C8H8ClNO2.C8H21NOSi.C7H6ClNO2.C4H5N.CH3I.BHNS.ClH/c1-29-19-5-3-2-4-16(19)14-10-12-28(13-11-14)23-20-18(9-8-17(24)21(20)25)26-22(27-23)15-6-7-15;1-14-12-5-3-2-4-11(12)10-6-8-13-9-7-10;12-6-3-4-7-8(9(6)13)11(16)15-10(14-7)5-1-2-5;1-13-8(12)6-5(11)3-2-4(9)7(6)10;1-12-8(11)7-5(9)3-2-4-6(7)10;1-8(2,3)11(4,5)10-7-6-9;8-4-2-1-3-5(9)6(4)7(10)11;5-3-4-1-2-4;1-2;1-2-3;/h2-5,8-9,14-15H,6-7,10-13H2,1H3;2-5,10,13H,6-9H2,1H3;3-5H,1-2H2,(H,14,15,16);2-3H,11H2,1H3;2-4H,10H2,1H3;6-7,9H2,1-5H3;1-3H,9H2,(H,10,11);4H,1-2H2;1H3;3H;1H. The predicted molar refractivity (Wildman–Crippen MR) is 506 cm³/mol. The number of halogens is 10. The summed E-state index contributed by atoms with van der Waals surface area (Å²) in [6, 6.07) is 39.2. The van der Waals surface area contributed by atoms with Crippen LogP contribution in [-0.4, -0.2) is 132 Å². The first-order chi connectivity index (χ1) is 55.3. The molecule has 14 rings (SSSR count). The van der Waals surface area contributed by atoms with E-state index < -0.39 is 26.2 Å². The van der Waals surface area contributed by atoms with E-state index in [1.165, 1.54) is 63.2 Å². The summed E-state index contributed by atoms with van der Waals surface area (Å²) in [6.07, 6.45) is 11.5. The number of nitriles is 1. The molecule has 0 amide bonds. The van der Waals surface area contributed by atoms with Gasteiger partial charge in [0, 0.05) is 74.5 Å². The number of carboxylic acid groups (broad SMARTS) is 1. The Bertz CT molecular complexity index is 4830. The second kappa shape index (κ2) is 51.7. The van der Waals surface area contributed by atoms with Crippen LogP contribution < -0.4 is 48.2 Å². The van der Waals surface area contributed by atoms with Crippen LogP contribution in [0.2, 0.25) is 43.2 Å². The number of alkyl halides is 1. The van der Waals surface area contributed by atoms with Gasteiger partial charge in [-0.15, -0.1) is 12.4 Å². The minimum absolute atomic E-state index is 0. The number of para-hydroxylation sites is 2. The fourth-order valence-corrected chi connectivity index (χ4v) is 14.7. The van der Waals surface area contributed by atoms with Gasteiger partial charge in [-0.1, -0.05) is 150 Å². The number of benzene rings is 7. The third-order valence-electron chi connectivity index (χ3n) is 19.1. The zero-order chi connectivity index (χ0) is 86.1. The SMILES string of the molecule is CC(C)(C)[Si](C)(C)OCCN.CI.COC(=O)c1c(N)ccc(Br)c1Cl.COC(=O)c1c(N)cccc1Cl.COc1ccccc1C1CCN(c2nc(C3CC3)nc3ccc(Br)c(Cl)c23)CC1.COc1ccccc1C1CCNCC1.Cl.N#CC1CC1.Nc1cccc(Cl)c1C(=O)O.O=c1[nH]c(C2CC2)nc2ccc(Br)c(Cl)c12.[B]=NS. The molecule has 9 aromatic rings. The molecule has 0 atom stereocenters. The number of anilines is 4. The van der Waals surface area contributed by atoms with E-state index in [2.05, 4.69) is 201 Å². The van der Waals surface area contributed by atoms with Crippen molar-refractivity contribution in [2.75, 3.05) is 94.8 Å². The van der Waals surface area contributed by atoms with Gasteiger partial charge >= 0.3 is 42.7 Å². The zero-order valence-corrected chi connectivity index (χ0v) is 80.1. The zero-order valence-electron chi connectivity index (χ0n) is 66.7. The number of thiol groups is 1. The average Bonchev–Trinajstić information content (AvgIpc) is 1.75. The average molecular weight is 2060 g/mol. The number of aromatic amines is 1. The molecule has 0 unspecified atom stereocenters. The van der Waals surface area contributed by atoms with Crippen molar-refractivity contribution in [1.82, 2.24) is 25.3 Å². The second-order valence-corrected chi connectivity index (χ2v) is 37.7. The number of nitrogens with two attached hydrogens (primary N) is 4. The van der Waals surface area contributed by atoms with Crippen LogP contribution in [0.3, 0.4) is 0 Å². The first-order valence-corrected chi connectivity index (χ1v) is 46.6. The van der Waals surface area contributed by atoms with Crippen molar-refractivity contribution in [2.45, 2.75) is 127 Å². The molecule has 5 fully saturated rings. The van der Waals surface area contributed by atoms with Crippen LogP contribution in [0.15, 0.2) is 144 Å². The summed E-state index contributed by atoms with van der Waals surface area (Å²) in [5.41, 5.74) is 27.1. The molecule has 2 saturated heterocycles. The molecule has 117 heavy (non-hydrogen) atoms. The van der Waals surface area contributed by atoms with E-state index in [-0.39, 0.29) is 50.4 Å². The molecule has 631 valence electrons. The number of nitrogens with one attached hydrogen (secondary N) is 2. The Kier molecular flexibility index (Phi) is 45.6. The van der Waals surface area contributed by atoms with Gasteiger partial charge in [-0.3, -0.25) is 4.79 Å². The van der Waals surface area contributed by atoms with E-state index in [0.717, 1.165) is 109 Å². The van der Waals surface area contributed by atoms with Gasteiger partial charge in [0.15, 0.2) is 8.32 Å². The van der Waals surface area contributed by atoms with Crippen molar-refractivity contribution >= 4 is 232 Å². The summed E-state index contributed by atoms with van der Waals surface area (Å²) in [4.78, 5) is 66.1. The van der Waals surface area contributed by atoms with Crippen molar-refractivity contribution < 1.29 is 42.9 Å². The molecule has 11 N–H and O–H groups in total. The van der Waals surface area contributed by atoms with Crippen LogP contribution in [-0.2, 0) is 13.9 Å². The number of esters is 2. The van der Waals surface area contributed by atoms with Crippen molar-refractivity contribution in [3.8, 4) is 17.6 Å². The fraction of sp³-hybridized carbons (Fsp3) is 0.390. The number of nitrogens with zero attached hydrogens (tertiary/aromatic N) is 6. The fourth-order valence-electron chi connectivity index (χ4n) is 11.4. The van der Waals surface area contributed by atoms with Crippen LogP contribution in [0.25, 0.3) is 21.8 Å². The van der Waals surface area contributed by atoms with Crippen LogP contribution >= 0.6 is 154 Å². The molecular formula is C82H100BBr3Cl6IN12O10SSi. The minimum atomic E-state index is -1.51. The maximum atomic E-state index is 11.9. The Balaban J connectivity index is 0.000000290. The topological polar surface area (TPSA) is 345 Å². The monoisotopic (exact) mass is 2060 g/mol. The van der Waals surface area contributed by atoms with Gasteiger partial charge in [0.1, 0.15) is 45.7 Å². The third kappa shape index (κ3) is 31.4. The van der Waals surface area contributed by atoms with Gasteiger partial charge in [-0.2, -0.15) is 5.26 Å². The third-order valence-corrected chi connectivity index (χ3v) is 28.1. The first-order valence-electron chi connectivity index (χ1n) is 36.9. The Morgan fingerprint density at radius 3 is 1.50 bits per heavy atom. The number of H-pyrrole nitrogens is 1. The van der Waals surface area contributed by atoms with E-state index in [1.54, 1.807) is 50.6 Å². The number of hydrogen-bond acceptors (Lipinski definition) is 21. The quantitative estimate of drug-likeness (QED) is 0.0133. The molecule has 3 aliphatic carbocycles. The van der Waals surface area contributed by atoms with Crippen molar-refractivity contribution in [3.63, 3.8) is 0 Å². The molecular weight excluding hydrogens is 1960 g/mol. The van der Waals surface area contributed by atoms with E-state index in [0.29, 0.717) is 94.1 Å². The van der Waals surface area contributed by atoms with Gasteiger partial charge in [-0.05, 0) is 244 Å². The van der Waals surface area contributed by atoms with Crippen LogP contribution in [0.5, 0.6) is 11.5 Å². The van der Waals surface area contributed by atoms with Gasteiger partial charge in [0.25, 0.3) is 5.56 Å². The molecule has 3 saturated carbocycles. The van der Waals surface area contributed by atoms with Gasteiger partial charge < -0.3 is 66.6 Å². The summed E-state index contributed by atoms with van der Waals surface area (Å²) in [5.74, 6) is 5.17. The molecule has 1 radical (unpaired) electrons. The molecule has 0 spiro atoms. The number of aromatic carboxylic acids is 1. The Morgan fingerprint density at radius 1 is 0.632 bits per heavy atom. The van der Waals surface area contributed by atoms with Crippen molar-refractivity contribution in [3.05, 3.63) is 210 Å². The van der Waals surface area contributed by atoms with Crippen LogP contribution in [0, 0.1) is 17.2 Å². The molecule has 22 nitrogen and oxygen atoms in total. The number of hydrogen-bond donors (Lipinski definition) is 8. The number of rotatable bonds is 13. The Morgan fingerprint density at radius 2 is 1.08 bits per heavy atom. The second-order valence-electron chi connectivity index (χ2n) is 28.1.